The summed E-state index contributed by atoms with van der Waals surface area (Å²) in [6.07, 6.45) is 0. The lowest BCUT2D eigenvalue weighted by molar-refractivity contribution is 0.306. The van der Waals surface area contributed by atoms with Gasteiger partial charge in [0.05, 0.1) is 0 Å². The summed E-state index contributed by atoms with van der Waals surface area (Å²) in [6, 6.07) is 15.0. The molecule has 0 fully saturated rings. The van der Waals surface area contributed by atoms with Gasteiger partial charge < -0.3 is 4.74 Å². The molecular formula is C13H10Cl2O. The average Bonchev–Trinajstić information content (AvgIpc) is 2.29. The fraction of sp³-hybridized carbons (Fsp3) is 0.0769. The predicted octanol–water partition coefficient (Wildman–Crippen LogP) is 4.57. The third kappa shape index (κ3) is 2.91. The maximum absolute atomic E-state index is 6.03. The van der Waals surface area contributed by atoms with Gasteiger partial charge in [-0.25, -0.2) is 0 Å². The Labute approximate surface area is 105 Å². The van der Waals surface area contributed by atoms with Crippen molar-refractivity contribution >= 4 is 23.2 Å². The van der Waals surface area contributed by atoms with Crippen molar-refractivity contribution < 1.29 is 4.74 Å². The van der Waals surface area contributed by atoms with Crippen LogP contribution in [-0.4, -0.2) is 0 Å². The largest absolute Gasteiger partial charge is 0.489 e. The Morgan fingerprint density at radius 2 is 1.69 bits per heavy atom. The van der Waals surface area contributed by atoms with Crippen LogP contribution in [-0.2, 0) is 6.61 Å². The highest BCUT2D eigenvalue weighted by molar-refractivity contribution is 6.35. The Bertz CT molecular complexity index is 469. The normalized spacial score (nSPS) is 10.1. The van der Waals surface area contributed by atoms with Crippen molar-refractivity contribution in [3.8, 4) is 5.75 Å². The number of benzene rings is 2. The molecule has 2 aromatic rings. The minimum atomic E-state index is 0.444. The van der Waals surface area contributed by atoms with Crippen LogP contribution in [0, 0.1) is 0 Å². The third-order valence-electron chi connectivity index (χ3n) is 2.15. The molecule has 82 valence electrons. The van der Waals surface area contributed by atoms with E-state index in [1.807, 2.05) is 36.4 Å². The molecule has 0 atom stereocenters. The van der Waals surface area contributed by atoms with Gasteiger partial charge in [-0.2, -0.15) is 0 Å². The monoisotopic (exact) mass is 252 g/mol. The summed E-state index contributed by atoms with van der Waals surface area (Å²) in [5.74, 6) is 0.827. The first kappa shape index (κ1) is 11.3. The van der Waals surface area contributed by atoms with E-state index in [4.69, 9.17) is 27.9 Å². The highest BCUT2D eigenvalue weighted by Gasteiger charge is 2.01. The topological polar surface area (TPSA) is 9.23 Å². The van der Waals surface area contributed by atoms with Gasteiger partial charge in [0.1, 0.15) is 12.4 Å². The number of halogens is 2. The fourth-order valence-electron chi connectivity index (χ4n) is 1.32. The molecule has 0 aliphatic rings. The first-order valence-electron chi connectivity index (χ1n) is 4.87. The summed E-state index contributed by atoms with van der Waals surface area (Å²) in [5.41, 5.74) is 0.926. The van der Waals surface area contributed by atoms with Gasteiger partial charge in [0.2, 0.25) is 0 Å². The molecule has 16 heavy (non-hydrogen) atoms. The summed E-state index contributed by atoms with van der Waals surface area (Å²) in [5, 5.41) is 1.26. The molecular weight excluding hydrogens is 243 g/mol. The van der Waals surface area contributed by atoms with Crippen molar-refractivity contribution in [3.05, 3.63) is 64.1 Å². The van der Waals surface area contributed by atoms with Crippen LogP contribution >= 0.6 is 23.2 Å². The SMILES string of the molecule is Clc1ccc(COc2ccccc2)c(Cl)c1. The van der Waals surface area contributed by atoms with Crippen LogP contribution in [0.2, 0.25) is 10.0 Å². The quantitative estimate of drug-likeness (QED) is 0.778. The first-order chi connectivity index (χ1) is 7.75. The van der Waals surface area contributed by atoms with Gasteiger partial charge in [0, 0.05) is 15.6 Å². The summed E-state index contributed by atoms with van der Waals surface area (Å²) in [6.45, 7) is 0.444. The summed E-state index contributed by atoms with van der Waals surface area (Å²) in [7, 11) is 0. The average molecular weight is 253 g/mol. The molecule has 0 radical (unpaired) electrons. The zero-order valence-electron chi connectivity index (χ0n) is 8.49. The highest BCUT2D eigenvalue weighted by Crippen LogP contribution is 2.22. The van der Waals surface area contributed by atoms with Gasteiger partial charge in [-0.15, -0.1) is 0 Å². The van der Waals surface area contributed by atoms with E-state index in [-0.39, 0.29) is 0 Å². The fourth-order valence-corrected chi connectivity index (χ4v) is 1.78. The molecule has 0 spiro atoms. The highest BCUT2D eigenvalue weighted by atomic mass is 35.5. The van der Waals surface area contributed by atoms with Crippen LogP contribution in [0.1, 0.15) is 5.56 Å². The molecule has 0 heterocycles. The maximum atomic E-state index is 6.03. The predicted molar refractivity (Wildman–Crippen MR) is 67.2 cm³/mol. The lowest BCUT2D eigenvalue weighted by atomic mass is 10.2. The van der Waals surface area contributed by atoms with Crippen LogP contribution in [0.4, 0.5) is 0 Å². The molecule has 0 saturated heterocycles. The van der Waals surface area contributed by atoms with E-state index in [1.165, 1.54) is 0 Å². The zero-order chi connectivity index (χ0) is 11.4. The molecule has 0 unspecified atom stereocenters. The van der Waals surface area contributed by atoms with E-state index < -0.39 is 0 Å². The second-order valence-corrected chi connectivity index (χ2v) is 4.18. The molecule has 0 aliphatic heterocycles. The Hall–Kier alpha value is -1.18. The first-order valence-corrected chi connectivity index (χ1v) is 5.63. The van der Waals surface area contributed by atoms with Crippen LogP contribution in [0.5, 0.6) is 5.75 Å². The lowest BCUT2D eigenvalue weighted by Gasteiger charge is -2.07. The summed E-state index contributed by atoms with van der Waals surface area (Å²) in [4.78, 5) is 0. The van der Waals surface area contributed by atoms with E-state index in [1.54, 1.807) is 12.1 Å². The van der Waals surface area contributed by atoms with Crippen LogP contribution in [0.25, 0.3) is 0 Å². The summed E-state index contributed by atoms with van der Waals surface area (Å²) >= 11 is 11.8. The van der Waals surface area contributed by atoms with E-state index in [9.17, 15) is 0 Å². The molecule has 2 aromatic carbocycles. The Morgan fingerprint density at radius 3 is 2.38 bits per heavy atom. The molecule has 0 saturated carbocycles. The third-order valence-corrected chi connectivity index (χ3v) is 2.74. The van der Waals surface area contributed by atoms with Crippen LogP contribution in [0.3, 0.4) is 0 Å². The van der Waals surface area contributed by atoms with E-state index in [2.05, 4.69) is 0 Å². The lowest BCUT2D eigenvalue weighted by Crippen LogP contribution is -1.95. The second kappa shape index (κ2) is 5.24. The molecule has 0 N–H and O–H groups in total. The van der Waals surface area contributed by atoms with Crippen molar-refractivity contribution in [2.24, 2.45) is 0 Å². The minimum Gasteiger partial charge on any atom is -0.489 e. The van der Waals surface area contributed by atoms with Crippen molar-refractivity contribution in [1.29, 1.82) is 0 Å². The number of rotatable bonds is 3. The van der Waals surface area contributed by atoms with E-state index in [0.29, 0.717) is 16.7 Å². The van der Waals surface area contributed by atoms with Gasteiger partial charge >= 0.3 is 0 Å². The van der Waals surface area contributed by atoms with Crippen molar-refractivity contribution in [3.63, 3.8) is 0 Å². The zero-order valence-corrected chi connectivity index (χ0v) is 10.0. The molecule has 0 amide bonds. The molecule has 3 heteroatoms. The second-order valence-electron chi connectivity index (χ2n) is 3.34. The van der Waals surface area contributed by atoms with Crippen molar-refractivity contribution in [1.82, 2.24) is 0 Å². The maximum Gasteiger partial charge on any atom is 0.119 e. The number of para-hydroxylation sites is 1. The molecule has 1 nitrogen and oxygen atoms in total. The van der Waals surface area contributed by atoms with Crippen LogP contribution < -0.4 is 4.74 Å². The van der Waals surface area contributed by atoms with Crippen molar-refractivity contribution in [2.75, 3.05) is 0 Å². The van der Waals surface area contributed by atoms with Gasteiger partial charge in [-0.05, 0) is 24.3 Å². The minimum absolute atomic E-state index is 0.444. The number of ether oxygens (including phenoxy) is 1. The van der Waals surface area contributed by atoms with Gasteiger partial charge in [-0.3, -0.25) is 0 Å². The standard InChI is InChI=1S/C13H10Cl2O/c14-11-7-6-10(13(15)8-11)9-16-12-4-2-1-3-5-12/h1-8H,9H2. The van der Waals surface area contributed by atoms with Gasteiger partial charge in [0.15, 0.2) is 0 Å². The number of hydrogen-bond donors (Lipinski definition) is 0. The molecule has 0 aromatic heterocycles. The molecule has 0 aliphatic carbocycles. The smallest absolute Gasteiger partial charge is 0.119 e. The van der Waals surface area contributed by atoms with Crippen LogP contribution in [0.15, 0.2) is 48.5 Å². The van der Waals surface area contributed by atoms with E-state index in [0.717, 1.165) is 11.3 Å². The van der Waals surface area contributed by atoms with Gasteiger partial charge in [-0.1, -0.05) is 47.5 Å². The number of hydrogen-bond acceptors (Lipinski definition) is 1. The molecule has 2 rings (SSSR count). The van der Waals surface area contributed by atoms with E-state index >= 15 is 0 Å². The molecule has 0 bridgehead atoms. The Balaban J connectivity index is 2.05. The Morgan fingerprint density at radius 1 is 0.938 bits per heavy atom. The van der Waals surface area contributed by atoms with Crippen molar-refractivity contribution in [2.45, 2.75) is 6.61 Å². The van der Waals surface area contributed by atoms with Gasteiger partial charge in [0.25, 0.3) is 0 Å². The Kier molecular flexibility index (Phi) is 3.70. The summed E-state index contributed by atoms with van der Waals surface area (Å²) < 4.78 is 5.59.